The van der Waals surface area contributed by atoms with Gasteiger partial charge in [-0.25, -0.2) is 13.1 Å². The smallest absolute Gasteiger partial charge is 0.306 e. The van der Waals surface area contributed by atoms with Gasteiger partial charge in [0.25, 0.3) is 0 Å². The summed E-state index contributed by atoms with van der Waals surface area (Å²) < 4.78 is 31.2. The predicted molar refractivity (Wildman–Crippen MR) is 71.1 cm³/mol. The first kappa shape index (κ1) is 16.4. The summed E-state index contributed by atoms with van der Waals surface area (Å²) >= 11 is 0. The zero-order valence-corrected chi connectivity index (χ0v) is 11.8. The van der Waals surface area contributed by atoms with Crippen molar-refractivity contribution in [1.82, 2.24) is 4.72 Å². The maximum absolute atomic E-state index is 11.9. The Bertz CT molecular complexity index is 540. The van der Waals surface area contributed by atoms with Crippen molar-refractivity contribution in [3.8, 4) is 5.75 Å². The van der Waals surface area contributed by atoms with Crippen LogP contribution in [0.2, 0.25) is 0 Å². The number of aliphatic carboxylic acids is 1. The normalized spacial score (nSPS) is 12.9. The molecule has 112 valence electrons. The predicted octanol–water partition coefficient (Wildman–Crippen LogP) is 0.199. The minimum absolute atomic E-state index is 0.0151. The third-order valence-corrected chi connectivity index (χ3v) is 3.95. The van der Waals surface area contributed by atoms with Crippen LogP contribution < -0.4 is 9.46 Å². The Labute approximate surface area is 117 Å². The summed E-state index contributed by atoms with van der Waals surface area (Å²) in [5.41, 5.74) is 0. The van der Waals surface area contributed by atoms with Crippen molar-refractivity contribution in [2.45, 2.75) is 24.3 Å². The number of carboxylic acid groups (broad SMARTS) is 1. The van der Waals surface area contributed by atoms with Gasteiger partial charge >= 0.3 is 5.97 Å². The van der Waals surface area contributed by atoms with Crippen LogP contribution in [0.1, 0.15) is 13.3 Å². The molecule has 0 amide bonds. The third-order valence-electron chi connectivity index (χ3n) is 2.35. The van der Waals surface area contributed by atoms with Gasteiger partial charge in [0.15, 0.2) is 0 Å². The van der Waals surface area contributed by atoms with E-state index in [-0.39, 0.29) is 24.5 Å². The molecule has 0 heterocycles. The van der Waals surface area contributed by atoms with Crippen LogP contribution in [0.25, 0.3) is 0 Å². The lowest BCUT2D eigenvalue weighted by Crippen LogP contribution is -2.34. The average molecular weight is 303 g/mol. The van der Waals surface area contributed by atoms with E-state index >= 15 is 0 Å². The molecule has 1 aromatic rings. The second-order valence-electron chi connectivity index (χ2n) is 4.17. The molecule has 0 radical (unpaired) electrons. The van der Waals surface area contributed by atoms with Crippen LogP contribution in [0.15, 0.2) is 29.2 Å². The van der Waals surface area contributed by atoms with Gasteiger partial charge in [-0.1, -0.05) is 0 Å². The molecule has 0 aliphatic heterocycles. The van der Waals surface area contributed by atoms with Crippen molar-refractivity contribution in [3.05, 3.63) is 24.3 Å². The number of sulfonamides is 1. The molecule has 0 aliphatic rings. The molecule has 0 aliphatic carbocycles. The van der Waals surface area contributed by atoms with E-state index in [0.29, 0.717) is 5.75 Å². The fourth-order valence-electron chi connectivity index (χ4n) is 1.34. The van der Waals surface area contributed by atoms with Gasteiger partial charge in [-0.05, 0) is 31.2 Å². The number of rotatable bonds is 8. The number of nitrogens with one attached hydrogen (secondary N) is 1. The van der Waals surface area contributed by atoms with E-state index in [2.05, 4.69) is 4.72 Å². The summed E-state index contributed by atoms with van der Waals surface area (Å²) in [6.07, 6.45) is -0.129. The SMILES string of the molecule is CC(CO)NS(=O)(=O)c1ccc(OCCC(=O)O)cc1. The van der Waals surface area contributed by atoms with Crippen LogP contribution in [0, 0.1) is 0 Å². The molecule has 0 bridgehead atoms. The highest BCUT2D eigenvalue weighted by Gasteiger charge is 2.16. The number of aliphatic hydroxyl groups excluding tert-OH is 1. The lowest BCUT2D eigenvalue weighted by molar-refractivity contribution is -0.137. The third kappa shape index (κ3) is 5.16. The zero-order valence-electron chi connectivity index (χ0n) is 10.9. The largest absolute Gasteiger partial charge is 0.493 e. The van der Waals surface area contributed by atoms with Crippen LogP contribution in [0.4, 0.5) is 0 Å². The first-order chi connectivity index (χ1) is 9.35. The first-order valence-corrected chi connectivity index (χ1v) is 7.41. The Balaban J connectivity index is 2.68. The Morgan fingerprint density at radius 1 is 1.35 bits per heavy atom. The number of hydrogen-bond donors (Lipinski definition) is 3. The lowest BCUT2D eigenvalue weighted by atomic mass is 10.3. The minimum Gasteiger partial charge on any atom is -0.493 e. The van der Waals surface area contributed by atoms with Gasteiger partial charge in [-0.15, -0.1) is 0 Å². The monoisotopic (exact) mass is 303 g/mol. The van der Waals surface area contributed by atoms with Gasteiger partial charge in [0, 0.05) is 6.04 Å². The summed E-state index contributed by atoms with van der Waals surface area (Å²) in [5, 5.41) is 17.3. The van der Waals surface area contributed by atoms with E-state index < -0.39 is 22.0 Å². The van der Waals surface area contributed by atoms with Gasteiger partial charge in [-0.3, -0.25) is 4.79 Å². The molecule has 7 nitrogen and oxygen atoms in total. The van der Waals surface area contributed by atoms with Crippen molar-refractivity contribution in [3.63, 3.8) is 0 Å². The second-order valence-corrected chi connectivity index (χ2v) is 5.88. The number of carbonyl (C=O) groups is 1. The van der Waals surface area contributed by atoms with Crippen molar-refractivity contribution in [2.24, 2.45) is 0 Å². The molecular formula is C12H17NO6S. The average Bonchev–Trinajstić information content (AvgIpc) is 2.38. The molecule has 0 fully saturated rings. The van der Waals surface area contributed by atoms with Crippen molar-refractivity contribution in [2.75, 3.05) is 13.2 Å². The van der Waals surface area contributed by atoms with Crippen LogP contribution >= 0.6 is 0 Å². The van der Waals surface area contributed by atoms with Crippen LogP contribution in [0.5, 0.6) is 5.75 Å². The molecule has 3 N–H and O–H groups in total. The van der Waals surface area contributed by atoms with E-state index in [1.165, 1.54) is 24.3 Å². The quantitative estimate of drug-likeness (QED) is 0.632. The van der Waals surface area contributed by atoms with Gasteiger partial charge in [0.05, 0.1) is 24.5 Å². The number of carboxylic acids is 1. The number of ether oxygens (including phenoxy) is 1. The molecule has 1 aromatic carbocycles. The Kier molecular flexibility index (Phi) is 5.93. The summed E-state index contributed by atoms with van der Waals surface area (Å²) in [5.74, 6) is -0.577. The maximum atomic E-state index is 11.9. The lowest BCUT2D eigenvalue weighted by Gasteiger charge is -2.12. The Morgan fingerprint density at radius 2 is 1.95 bits per heavy atom. The molecule has 20 heavy (non-hydrogen) atoms. The van der Waals surface area contributed by atoms with Gasteiger partial charge < -0.3 is 14.9 Å². The van der Waals surface area contributed by atoms with Crippen LogP contribution in [0.3, 0.4) is 0 Å². The summed E-state index contributed by atoms with van der Waals surface area (Å²) in [6, 6.07) is 5.01. The van der Waals surface area contributed by atoms with E-state index in [4.69, 9.17) is 14.9 Å². The standard InChI is InChI=1S/C12H17NO6S/c1-9(8-14)13-20(17,18)11-4-2-10(3-5-11)19-7-6-12(15)16/h2-5,9,13-14H,6-8H2,1H3,(H,15,16). The molecule has 8 heteroatoms. The number of aliphatic hydroxyl groups is 1. The summed E-state index contributed by atoms with van der Waals surface area (Å²) in [7, 11) is -3.68. The van der Waals surface area contributed by atoms with E-state index in [9.17, 15) is 13.2 Å². The highest BCUT2D eigenvalue weighted by atomic mass is 32.2. The second kappa shape index (κ2) is 7.22. The minimum atomic E-state index is -3.68. The molecule has 1 unspecified atom stereocenters. The van der Waals surface area contributed by atoms with Gasteiger partial charge in [0.2, 0.25) is 10.0 Å². The number of benzene rings is 1. The molecule has 0 aromatic heterocycles. The highest BCUT2D eigenvalue weighted by molar-refractivity contribution is 7.89. The van der Waals surface area contributed by atoms with Crippen LogP contribution in [-0.4, -0.2) is 43.9 Å². The Hall–Kier alpha value is -1.64. The highest BCUT2D eigenvalue weighted by Crippen LogP contribution is 2.16. The van der Waals surface area contributed by atoms with Gasteiger partial charge in [0.1, 0.15) is 5.75 Å². The van der Waals surface area contributed by atoms with E-state index in [1.54, 1.807) is 6.92 Å². The Morgan fingerprint density at radius 3 is 2.45 bits per heavy atom. The van der Waals surface area contributed by atoms with E-state index in [0.717, 1.165) is 0 Å². The number of hydrogen-bond acceptors (Lipinski definition) is 5. The zero-order chi connectivity index (χ0) is 15.2. The fourth-order valence-corrected chi connectivity index (χ4v) is 2.58. The van der Waals surface area contributed by atoms with Crippen molar-refractivity contribution < 1.29 is 28.2 Å². The van der Waals surface area contributed by atoms with Gasteiger partial charge in [-0.2, -0.15) is 0 Å². The van der Waals surface area contributed by atoms with E-state index in [1.807, 2.05) is 0 Å². The molecule has 0 saturated carbocycles. The van der Waals surface area contributed by atoms with Crippen LogP contribution in [-0.2, 0) is 14.8 Å². The molecule has 0 saturated heterocycles. The maximum Gasteiger partial charge on any atom is 0.306 e. The van der Waals surface area contributed by atoms with Crippen molar-refractivity contribution >= 4 is 16.0 Å². The molecule has 1 atom stereocenters. The topological polar surface area (TPSA) is 113 Å². The summed E-state index contributed by atoms with van der Waals surface area (Å²) in [4.78, 5) is 10.4. The first-order valence-electron chi connectivity index (χ1n) is 5.93. The molecule has 1 rings (SSSR count). The fraction of sp³-hybridized carbons (Fsp3) is 0.417. The molecular weight excluding hydrogens is 286 g/mol. The van der Waals surface area contributed by atoms with Crippen molar-refractivity contribution in [1.29, 1.82) is 0 Å². The molecule has 0 spiro atoms. The summed E-state index contributed by atoms with van der Waals surface area (Å²) in [6.45, 7) is 1.26.